The van der Waals surface area contributed by atoms with Gasteiger partial charge in [0.15, 0.2) is 0 Å². The molecule has 0 aromatic heterocycles. The fourth-order valence-electron chi connectivity index (χ4n) is 6.62. The third kappa shape index (κ3) is 5.69. The van der Waals surface area contributed by atoms with Crippen LogP contribution in [0.5, 0.6) is 0 Å². The minimum absolute atomic E-state index is 0.262. The van der Waals surface area contributed by atoms with Gasteiger partial charge in [-0.15, -0.1) is 23.5 Å². The SMILES string of the molecule is O=C([O-])CC(OC(=O)CC1(CC(=O)OC2CC3CC2C2CCCC32)SCCCS1)(C(F)(F)F)C(F)(F)F. The number of thioether (sulfide) groups is 2. The molecular weight excluding hydrogens is 550 g/mol. The zero-order chi connectivity index (χ0) is 27.2. The molecule has 3 saturated carbocycles. The van der Waals surface area contributed by atoms with E-state index < -0.39 is 59.2 Å². The Kier molecular flexibility index (Phi) is 8.02. The molecule has 4 fully saturated rings. The number of rotatable bonds is 8. The smallest absolute Gasteiger partial charge is 0.437 e. The van der Waals surface area contributed by atoms with Crippen molar-refractivity contribution < 1.29 is 55.3 Å². The number of halogens is 6. The molecule has 1 heterocycles. The number of carbonyl (C=O) groups is 3. The van der Waals surface area contributed by atoms with Crippen LogP contribution >= 0.6 is 23.5 Å². The monoisotopic (exact) mass is 577 g/mol. The largest absolute Gasteiger partial charge is 0.550 e. The Balaban J connectivity index is 1.46. The van der Waals surface area contributed by atoms with Crippen LogP contribution in [0.25, 0.3) is 0 Å². The zero-order valence-corrected chi connectivity index (χ0v) is 21.3. The lowest BCUT2D eigenvalue weighted by molar-refractivity contribution is -0.381. The van der Waals surface area contributed by atoms with Crippen LogP contribution < -0.4 is 5.11 Å². The van der Waals surface area contributed by atoms with Gasteiger partial charge in [0, 0.05) is 12.4 Å². The van der Waals surface area contributed by atoms with Gasteiger partial charge in [-0.1, -0.05) is 6.42 Å². The summed E-state index contributed by atoms with van der Waals surface area (Å²) in [6.45, 7) is 0. The quantitative estimate of drug-likeness (QED) is 0.313. The van der Waals surface area contributed by atoms with Crippen molar-refractivity contribution in [3.05, 3.63) is 0 Å². The van der Waals surface area contributed by atoms with Crippen LogP contribution in [0.3, 0.4) is 0 Å². The number of carboxylic acid groups (broad SMARTS) is 1. The van der Waals surface area contributed by atoms with Gasteiger partial charge in [-0.25, -0.2) is 0 Å². The van der Waals surface area contributed by atoms with Gasteiger partial charge >= 0.3 is 29.9 Å². The molecule has 14 heteroatoms. The average molecular weight is 578 g/mol. The van der Waals surface area contributed by atoms with Crippen LogP contribution in [0.1, 0.15) is 57.8 Å². The van der Waals surface area contributed by atoms with E-state index in [0.717, 1.165) is 49.2 Å². The van der Waals surface area contributed by atoms with Crippen molar-refractivity contribution in [3.63, 3.8) is 0 Å². The first kappa shape index (κ1) is 28.7. The Morgan fingerprint density at radius 2 is 1.43 bits per heavy atom. The van der Waals surface area contributed by atoms with Crippen molar-refractivity contribution in [1.29, 1.82) is 0 Å². The van der Waals surface area contributed by atoms with Gasteiger partial charge in [-0.3, -0.25) is 9.59 Å². The Bertz CT molecular complexity index is 889. The molecule has 3 aliphatic carbocycles. The molecule has 4 rings (SSSR count). The van der Waals surface area contributed by atoms with Gasteiger partial charge < -0.3 is 19.4 Å². The molecule has 4 aliphatic rings. The number of carboxylic acids is 1. The van der Waals surface area contributed by atoms with Crippen LogP contribution in [-0.2, 0) is 23.9 Å². The van der Waals surface area contributed by atoms with Gasteiger partial charge in [0.1, 0.15) is 6.10 Å². The number of hydrogen-bond acceptors (Lipinski definition) is 8. The Morgan fingerprint density at radius 3 is 2.03 bits per heavy atom. The van der Waals surface area contributed by atoms with Crippen LogP contribution in [0, 0.1) is 23.7 Å². The van der Waals surface area contributed by atoms with Crippen LogP contribution in [0.15, 0.2) is 0 Å². The molecule has 6 nitrogen and oxygen atoms in total. The predicted octanol–water partition coefficient (Wildman–Crippen LogP) is 4.25. The molecule has 0 N–H and O–H groups in total. The van der Waals surface area contributed by atoms with E-state index >= 15 is 0 Å². The molecule has 0 amide bonds. The second-order valence-electron chi connectivity index (χ2n) is 10.3. The Labute approximate surface area is 217 Å². The third-order valence-corrected chi connectivity index (χ3v) is 11.4. The number of carbonyl (C=O) groups excluding carboxylic acids is 3. The van der Waals surface area contributed by atoms with E-state index in [1.54, 1.807) is 0 Å². The van der Waals surface area contributed by atoms with Crippen molar-refractivity contribution >= 4 is 41.4 Å². The number of ether oxygens (including phenoxy) is 2. The molecular formula is C23H27F6O6S2-. The van der Waals surface area contributed by atoms with Gasteiger partial charge in [0.25, 0.3) is 0 Å². The summed E-state index contributed by atoms with van der Waals surface area (Å²) in [7, 11) is 0. The summed E-state index contributed by atoms with van der Waals surface area (Å²) in [5.74, 6) is -2.46. The Morgan fingerprint density at radius 1 is 0.838 bits per heavy atom. The maximum absolute atomic E-state index is 13.5. The summed E-state index contributed by atoms with van der Waals surface area (Å²) < 4.78 is 89.3. The summed E-state index contributed by atoms with van der Waals surface area (Å²) >= 11 is 2.16. The molecule has 2 bridgehead atoms. The first-order valence-electron chi connectivity index (χ1n) is 12.2. The lowest BCUT2D eigenvalue weighted by Gasteiger charge is -2.39. The minimum Gasteiger partial charge on any atom is -0.550 e. The van der Waals surface area contributed by atoms with E-state index in [4.69, 9.17) is 4.74 Å². The summed E-state index contributed by atoms with van der Waals surface area (Å²) in [6.07, 6.45) is -11.0. The van der Waals surface area contributed by atoms with Gasteiger partial charge in [0.05, 0.1) is 16.9 Å². The summed E-state index contributed by atoms with van der Waals surface area (Å²) in [5.41, 5.74) is -5.26. The molecule has 37 heavy (non-hydrogen) atoms. The van der Waals surface area contributed by atoms with E-state index in [0.29, 0.717) is 35.7 Å². The first-order chi connectivity index (χ1) is 17.2. The first-order valence-corrected chi connectivity index (χ1v) is 14.2. The number of fused-ring (bicyclic) bond motifs is 5. The third-order valence-electron chi connectivity index (χ3n) is 8.09. The van der Waals surface area contributed by atoms with Crippen molar-refractivity contribution in [3.8, 4) is 0 Å². The fraction of sp³-hybridized carbons (Fsp3) is 0.870. The number of aliphatic carboxylic acids is 1. The number of alkyl halides is 6. The van der Waals surface area contributed by atoms with Crippen molar-refractivity contribution in [2.45, 2.75) is 85.9 Å². The van der Waals surface area contributed by atoms with Gasteiger partial charge in [-0.2, -0.15) is 26.3 Å². The summed E-state index contributed by atoms with van der Waals surface area (Å²) in [4.78, 5) is 36.3. The van der Waals surface area contributed by atoms with Crippen molar-refractivity contribution in [1.82, 2.24) is 0 Å². The van der Waals surface area contributed by atoms with Crippen LogP contribution in [0.4, 0.5) is 26.3 Å². The highest BCUT2D eigenvalue weighted by Crippen LogP contribution is 2.59. The predicted molar refractivity (Wildman–Crippen MR) is 119 cm³/mol. The number of esters is 2. The summed E-state index contributed by atoms with van der Waals surface area (Å²) in [5, 5.41) is 10.8. The average Bonchev–Trinajstić information content (AvgIpc) is 3.45. The maximum Gasteiger partial charge on any atom is 0.437 e. The highest BCUT2D eigenvalue weighted by atomic mass is 32.2. The molecule has 5 unspecified atom stereocenters. The lowest BCUT2D eigenvalue weighted by atomic mass is 9.80. The van der Waals surface area contributed by atoms with Gasteiger partial charge in [-0.05, 0) is 67.3 Å². The minimum atomic E-state index is -6.26. The van der Waals surface area contributed by atoms with Gasteiger partial charge in [0.2, 0.25) is 0 Å². The van der Waals surface area contributed by atoms with E-state index in [1.807, 2.05) is 0 Å². The standard InChI is InChI=1S/C23H28F6O6S2/c24-22(25,26)21(9-17(30)31,23(27,28)29)35-19(33)11-20(36-5-2-6-37-20)10-18(32)34-16-8-12-7-15(16)14-4-1-3-13(12)14/h12-16H,1-11H2,(H,30,31)/p-1. The zero-order valence-electron chi connectivity index (χ0n) is 19.7. The van der Waals surface area contributed by atoms with E-state index in [-0.39, 0.29) is 12.0 Å². The van der Waals surface area contributed by atoms with Crippen LogP contribution in [-0.4, -0.2) is 57.6 Å². The molecule has 210 valence electrons. The van der Waals surface area contributed by atoms with E-state index in [2.05, 4.69) is 4.74 Å². The molecule has 1 aliphatic heterocycles. The normalized spacial score (nSPS) is 31.1. The van der Waals surface area contributed by atoms with Crippen molar-refractivity contribution in [2.24, 2.45) is 23.7 Å². The second kappa shape index (κ2) is 10.3. The highest BCUT2D eigenvalue weighted by molar-refractivity contribution is 8.18. The molecule has 0 spiro atoms. The highest BCUT2D eigenvalue weighted by Gasteiger charge is 2.74. The Hall–Kier alpha value is -1.31. The van der Waals surface area contributed by atoms with E-state index in [9.17, 15) is 45.8 Å². The maximum atomic E-state index is 13.5. The van der Waals surface area contributed by atoms with E-state index in [1.165, 1.54) is 6.42 Å². The summed E-state index contributed by atoms with van der Waals surface area (Å²) in [6, 6.07) is 0. The van der Waals surface area contributed by atoms with Crippen LogP contribution in [0.2, 0.25) is 0 Å². The topological polar surface area (TPSA) is 92.7 Å². The molecule has 0 radical (unpaired) electrons. The molecule has 1 saturated heterocycles. The molecule has 0 aromatic rings. The number of hydrogen-bond donors (Lipinski definition) is 0. The lowest BCUT2D eigenvalue weighted by Crippen LogP contribution is -2.62. The van der Waals surface area contributed by atoms with Crippen molar-refractivity contribution in [2.75, 3.05) is 11.5 Å². The second-order valence-corrected chi connectivity index (χ2v) is 13.6. The molecule has 5 atom stereocenters. The fourth-order valence-corrected chi connectivity index (χ4v) is 9.84. The molecule has 0 aromatic carbocycles.